The largest absolute Gasteiger partial charge is 0.344 e. The molecule has 0 aliphatic carbocycles. The second kappa shape index (κ2) is 5.37. The number of hydrogen-bond donors (Lipinski definition) is 1. The van der Waals surface area contributed by atoms with E-state index in [4.69, 9.17) is 0 Å². The standard InChI is InChI=1S/C5H8O.H3N/c1-5(2)3-4-6;/h3-4H,1-2H3;1H3. The molecule has 0 aromatic carbocycles. The molecule has 2 heteroatoms. The first-order valence-corrected chi connectivity index (χ1v) is 1.86. The third-order valence-electron chi connectivity index (χ3n) is 0.401. The molecule has 0 bridgehead atoms. The van der Waals surface area contributed by atoms with Crippen molar-refractivity contribution in [2.45, 2.75) is 13.8 Å². The topological polar surface area (TPSA) is 52.1 Å². The van der Waals surface area contributed by atoms with Crippen molar-refractivity contribution >= 4 is 6.29 Å². The second-order valence-electron chi connectivity index (χ2n) is 1.38. The van der Waals surface area contributed by atoms with E-state index in [-0.39, 0.29) is 6.15 Å². The van der Waals surface area contributed by atoms with Gasteiger partial charge in [0.1, 0.15) is 6.29 Å². The van der Waals surface area contributed by atoms with E-state index in [9.17, 15) is 4.79 Å². The summed E-state index contributed by atoms with van der Waals surface area (Å²) in [6, 6.07) is 0. The maximum Gasteiger partial charge on any atom is 0.142 e. The predicted octanol–water partition coefficient (Wildman–Crippen LogP) is 1.31. The number of rotatable bonds is 1. The first-order valence-electron chi connectivity index (χ1n) is 1.86. The number of carbonyl (C=O) groups excluding carboxylic acids is 1. The van der Waals surface area contributed by atoms with Crippen LogP contribution in [0.4, 0.5) is 0 Å². The number of hydrogen-bond acceptors (Lipinski definition) is 2. The van der Waals surface area contributed by atoms with Crippen molar-refractivity contribution in [1.29, 1.82) is 0 Å². The molecule has 0 radical (unpaired) electrons. The molecule has 0 saturated carbocycles. The van der Waals surface area contributed by atoms with Crippen molar-refractivity contribution < 1.29 is 4.79 Å². The summed E-state index contributed by atoms with van der Waals surface area (Å²) in [4.78, 5) is 9.54. The summed E-state index contributed by atoms with van der Waals surface area (Å²) in [5.74, 6) is 0. The molecule has 0 aliphatic rings. The highest BCUT2D eigenvalue weighted by Crippen LogP contribution is 1.81. The third-order valence-corrected chi connectivity index (χ3v) is 0.401. The summed E-state index contributed by atoms with van der Waals surface area (Å²) in [6.45, 7) is 3.77. The van der Waals surface area contributed by atoms with Gasteiger partial charge in [-0.2, -0.15) is 0 Å². The Hall–Kier alpha value is -0.630. The van der Waals surface area contributed by atoms with E-state index in [1.807, 2.05) is 13.8 Å². The van der Waals surface area contributed by atoms with Gasteiger partial charge in [0, 0.05) is 0 Å². The van der Waals surface area contributed by atoms with Gasteiger partial charge in [-0.15, -0.1) is 0 Å². The molecule has 0 atom stereocenters. The van der Waals surface area contributed by atoms with Crippen molar-refractivity contribution in [3.8, 4) is 0 Å². The Morgan fingerprint density at radius 2 is 1.86 bits per heavy atom. The Labute approximate surface area is 43.8 Å². The van der Waals surface area contributed by atoms with Crippen molar-refractivity contribution in [3.63, 3.8) is 0 Å². The zero-order valence-corrected chi connectivity index (χ0v) is 4.77. The molecule has 0 fully saturated rings. The van der Waals surface area contributed by atoms with Crippen LogP contribution in [0.15, 0.2) is 11.6 Å². The van der Waals surface area contributed by atoms with Gasteiger partial charge in [-0.25, -0.2) is 0 Å². The van der Waals surface area contributed by atoms with E-state index in [0.29, 0.717) is 0 Å². The molecule has 7 heavy (non-hydrogen) atoms. The molecule has 0 amide bonds. The van der Waals surface area contributed by atoms with E-state index in [1.54, 1.807) is 0 Å². The van der Waals surface area contributed by atoms with Gasteiger partial charge in [0.25, 0.3) is 0 Å². The van der Waals surface area contributed by atoms with Crippen LogP contribution in [0.3, 0.4) is 0 Å². The molecule has 0 saturated heterocycles. The molecule has 0 unspecified atom stereocenters. The molecule has 0 heterocycles. The van der Waals surface area contributed by atoms with Crippen LogP contribution in [0.25, 0.3) is 0 Å². The number of allylic oxidation sites excluding steroid dienone is 2. The van der Waals surface area contributed by atoms with E-state index in [0.717, 1.165) is 11.9 Å². The lowest BCUT2D eigenvalue weighted by atomic mass is 10.3. The van der Waals surface area contributed by atoms with Crippen LogP contribution in [-0.2, 0) is 4.79 Å². The lowest BCUT2D eigenvalue weighted by Crippen LogP contribution is -1.62. The summed E-state index contributed by atoms with van der Waals surface area (Å²) >= 11 is 0. The van der Waals surface area contributed by atoms with Gasteiger partial charge in [-0.05, 0) is 19.9 Å². The average molecular weight is 101 g/mol. The highest BCUT2D eigenvalue weighted by Gasteiger charge is 1.66. The molecular weight excluding hydrogens is 90.1 g/mol. The molecule has 42 valence electrons. The van der Waals surface area contributed by atoms with Gasteiger partial charge in [-0.1, -0.05) is 5.57 Å². The number of carbonyl (C=O) groups is 1. The third kappa shape index (κ3) is 10.9. The zero-order chi connectivity index (χ0) is 4.99. The van der Waals surface area contributed by atoms with E-state index >= 15 is 0 Å². The summed E-state index contributed by atoms with van der Waals surface area (Å²) in [5, 5.41) is 0. The van der Waals surface area contributed by atoms with E-state index < -0.39 is 0 Å². The molecule has 0 aromatic rings. The minimum Gasteiger partial charge on any atom is -0.344 e. The molecule has 0 aromatic heterocycles. The summed E-state index contributed by atoms with van der Waals surface area (Å²) in [5.41, 5.74) is 1.05. The maximum absolute atomic E-state index is 9.54. The normalized spacial score (nSPS) is 6.00. The lowest BCUT2D eigenvalue weighted by molar-refractivity contribution is -0.104. The second-order valence-corrected chi connectivity index (χ2v) is 1.38. The Morgan fingerprint density at radius 3 is 1.86 bits per heavy atom. The van der Waals surface area contributed by atoms with Gasteiger partial charge in [0.05, 0.1) is 0 Å². The molecular formula is C5H11NO. The molecule has 0 spiro atoms. The monoisotopic (exact) mass is 101 g/mol. The lowest BCUT2D eigenvalue weighted by Gasteiger charge is -1.73. The Kier molecular flexibility index (Phi) is 7.38. The Balaban J connectivity index is 0. The van der Waals surface area contributed by atoms with Gasteiger partial charge in [-0.3, -0.25) is 4.79 Å². The van der Waals surface area contributed by atoms with Crippen LogP contribution >= 0.6 is 0 Å². The Bertz CT molecular complexity index is 72.1. The van der Waals surface area contributed by atoms with E-state index in [2.05, 4.69) is 0 Å². The first kappa shape index (κ1) is 9.62. The predicted molar refractivity (Wildman–Crippen MR) is 30.5 cm³/mol. The van der Waals surface area contributed by atoms with Crippen LogP contribution in [0.1, 0.15) is 13.8 Å². The van der Waals surface area contributed by atoms with Crippen LogP contribution < -0.4 is 6.15 Å². The van der Waals surface area contributed by atoms with Crippen molar-refractivity contribution in [2.75, 3.05) is 0 Å². The highest BCUT2D eigenvalue weighted by atomic mass is 16.1. The van der Waals surface area contributed by atoms with Gasteiger partial charge in [0.15, 0.2) is 0 Å². The highest BCUT2D eigenvalue weighted by molar-refractivity contribution is 5.65. The van der Waals surface area contributed by atoms with Gasteiger partial charge < -0.3 is 6.15 Å². The van der Waals surface area contributed by atoms with Crippen molar-refractivity contribution in [2.24, 2.45) is 0 Å². The van der Waals surface area contributed by atoms with Crippen molar-refractivity contribution in [3.05, 3.63) is 11.6 Å². The zero-order valence-electron chi connectivity index (χ0n) is 4.77. The molecule has 0 aliphatic heterocycles. The fraction of sp³-hybridized carbons (Fsp3) is 0.400. The minimum atomic E-state index is 0. The summed E-state index contributed by atoms with van der Waals surface area (Å²) < 4.78 is 0. The number of aldehydes is 1. The molecule has 0 rings (SSSR count). The average Bonchev–Trinajstić information content (AvgIpc) is 1.35. The fourth-order valence-electron chi connectivity index (χ4n) is 0.136. The van der Waals surface area contributed by atoms with Crippen LogP contribution in [0.5, 0.6) is 0 Å². The fourth-order valence-corrected chi connectivity index (χ4v) is 0.136. The summed E-state index contributed by atoms with van der Waals surface area (Å²) in [6.07, 6.45) is 2.31. The molecule has 2 nitrogen and oxygen atoms in total. The van der Waals surface area contributed by atoms with Crippen LogP contribution in [0.2, 0.25) is 0 Å². The van der Waals surface area contributed by atoms with Gasteiger partial charge >= 0.3 is 0 Å². The maximum atomic E-state index is 9.54. The smallest absolute Gasteiger partial charge is 0.142 e. The quantitative estimate of drug-likeness (QED) is 0.400. The van der Waals surface area contributed by atoms with E-state index in [1.165, 1.54) is 6.08 Å². The van der Waals surface area contributed by atoms with Crippen LogP contribution in [0, 0.1) is 0 Å². The van der Waals surface area contributed by atoms with Crippen molar-refractivity contribution in [1.82, 2.24) is 6.15 Å². The SMILES string of the molecule is CC(C)=CC=O.N. The summed E-state index contributed by atoms with van der Waals surface area (Å²) in [7, 11) is 0. The first-order chi connectivity index (χ1) is 2.77. The van der Waals surface area contributed by atoms with Crippen LogP contribution in [-0.4, -0.2) is 6.29 Å². The van der Waals surface area contributed by atoms with Gasteiger partial charge in [0.2, 0.25) is 0 Å². The minimum absolute atomic E-state index is 0. The molecule has 3 N–H and O–H groups in total. The Morgan fingerprint density at radius 1 is 1.43 bits per heavy atom.